The van der Waals surface area contributed by atoms with Gasteiger partial charge in [-0.1, -0.05) is 35.9 Å². The van der Waals surface area contributed by atoms with E-state index >= 15 is 0 Å². The van der Waals surface area contributed by atoms with Crippen molar-refractivity contribution in [2.45, 2.75) is 4.90 Å². The molecule has 0 radical (unpaired) electrons. The van der Waals surface area contributed by atoms with Crippen molar-refractivity contribution >= 4 is 27.3 Å². The molecule has 1 heterocycles. The van der Waals surface area contributed by atoms with Crippen LogP contribution in [0.4, 0.5) is 10.1 Å². The minimum Gasteiger partial charge on any atom is -0.507 e. The topological polar surface area (TPSA) is 104 Å². The molecule has 0 amide bonds. The highest BCUT2D eigenvalue weighted by Crippen LogP contribution is 2.38. The molecule has 0 aliphatic rings. The Morgan fingerprint density at radius 2 is 1.68 bits per heavy atom. The molecule has 0 saturated heterocycles. The number of benzene rings is 3. The predicted octanol–water partition coefficient (Wildman–Crippen LogP) is 4.54. The molecule has 0 aliphatic carbocycles. The Morgan fingerprint density at radius 1 is 0.968 bits per heavy atom. The predicted molar refractivity (Wildman–Crippen MR) is 115 cm³/mol. The van der Waals surface area contributed by atoms with Crippen LogP contribution in [0.1, 0.15) is 0 Å². The lowest BCUT2D eigenvalue weighted by Gasteiger charge is -2.14. The Balaban J connectivity index is 1.83. The fourth-order valence-electron chi connectivity index (χ4n) is 3.04. The zero-order chi connectivity index (χ0) is 22.2. The van der Waals surface area contributed by atoms with Crippen molar-refractivity contribution in [1.29, 1.82) is 0 Å². The van der Waals surface area contributed by atoms with E-state index in [1.54, 1.807) is 30.3 Å². The highest BCUT2D eigenvalue weighted by Gasteiger charge is 2.24. The number of halogens is 2. The van der Waals surface area contributed by atoms with Crippen molar-refractivity contribution < 1.29 is 23.0 Å². The van der Waals surface area contributed by atoms with Crippen molar-refractivity contribution in [2.24, 2.45) is 0 Å². The number of aromatic hydroxyl groups is 2. The standard InChI is InChI=1S/C21H15ClFN3O4S/c22-14-5-1-4-8-18(14)26-17(9-10-24-26)13-11-21(20(28)12-19(13)27)31(29,30)25-16-7-3-2-6-15(16)23/h1-12,25,27-28H. The van der Waals surface area contributed by atoms with Crippen LogP contribution in [-0.2, 0) is 10.0 Å². The summed E-state index contributed by atoms with van der Waals surface area (Å²) in [6.07, 6.45) is 1.46. The molecule has 0 fully saturated rings. The van der Waals surface area contributed by atoms with Crippen LogP contribution in [0.2, 0.25) is 5.02 Å². The van der Waals surface area contributed by atoms with E-state index < -0.39 is 26.5 Å². The van der Waals surface area contributed by atoms with Gasteiger partial charge in [0.1, 0.15) is 22.2 Å². The number of rotatable bonds is 5. The molecule has 0 aliphatic heterocycles. The molecule has 3 aromatic carbocycles. The highest BCUT2D eigenvalue weighted by atomic mass is 35.5. The molecule has 0 saturated carbocycles. The Morgan fingerprint density at radius 3 is 2.42 bits per heavy atom. The summed E-state index contributed by atoms with van der Waals surface area (Å²) in [7, 11) is -4.39. The van der Waals surface area contributed by atoms with Gasteiger partial charge in [-0.05, 0) is 36.4 Å². The van der Waals surface area contributed by atoms with Gasteiger partial charge in [0.05, 0.1) is 28.3 Å². The van der Waals surface area contributed by atoms with Crippen LogP contribution in [0.3, 0.4) is 0 Å². The Labute approximate surface area is 182 Å². The Hall–Kier alpha value is -3.56. The maximum Gasteiger partial charge on any atom is 0.265 e. The van der Waals surface area contributed by atoms with E-state index in [-0.39, 0.29) is 17.0 Å². The van der Waals surface area contributed by atoms with E-state index in [0.717, 1.165) is 18.2 Å². The SMILES string of the molecule is O=S(=O)(Nc1ccccc1F)c1cc(-c2ccnn2-c2ccccc2Cl)c(O)cc1O. The van der Waals surface area contributed by atoms with Gasteiger partial charge in [0.15, 0.2) is 0 Å². The van der Waals surface area contributed by atoms with Gasteiger partial charge in [0.2, 0.25) is 0 Å². The first-order valence-electron chi connectivity index (χ1n) is 8.90. The van der Waals surface area contributed by atoms with E-state index in [4.69, 9.17) is 11.6 Å². The minimum atomic E-state index is -4.39. The molecule has 31 heavy (non-hydrogen) atoms. The van der Waals surface area contributed by atoms with E-state index in [1.807, 2.05) is 0 Å². The summed E-state index contributed by atoms with van der Waals surface area (Å²) in [5.74, 6) is -1.86. The third kappa shape index (κ3) is 3.92. The zero-order valence-electron chi connectivity index (χ0n) is 15.7. The van der Waals surface area contributed by atoms with Gasteiger partial charge in [0, 0.05) is 11.6 Å². The maximum atomic E-state index is 13.9. The number of anilines is 1. The average Bonchev–Trinajstić information content (AvgIpc) is 3.19. The second-order valence-electron chi connectivity index (χ2n) is 6.50. The summed E-state index contributed by atoms with van der Waals surface area (Å²) in [4.78, 5) is -0.546. The lowest BCUT2D eigenvalue weighted by Crippen LogP contribution is -2.14. The maximum absolute atomic E-state index is 13.9. The number of hydrogen-bond acceptors (Lipinski definition) is 5. The quantitative estimate of drug-likeness (QED) is 0.406. The summed E-state index contributed by atoms with van der Waals surface area (Å²) in [6, 6.07) is 15.6. The largest absolute Gasteiger partial charge is 0.507 e. The van der Waals surface area contributed by atoms with Crippen molar-refractivity contribution in [2.75, 3.05) is 4.72 Å². The Kier molecular flexibility index (Phi) is 5.30. The third-order valence-corrected chi connectivity index (χ3v) is 6.20. The molecule has 7 nitrogen and oxygen atoms in total. The average molecular weight is 460 g/mol. The summed E-state index contributed by atoms with van der Waals surface area (Å²) < 4.78 is 43.2. The van der Waals surface area contributed by atoms with Crippen LogP contribution in [0.25, 0.3) is 16.9 Å². The number of sulfonamides is 1. The second kappa shape index (κ2) is 7.93. The van der Waals surface area contributed by atoms with E-state index in [9.17, 15) is 23.0 Å². The van der Waals surface area contributed by atoms with E-state index in [1.165, 1.54) is 29.1 Å². The molecule has 10 heteroatoms. The summed E-state index contributed by atoms with van der Waals surface area (Å²) in [5, 5.41) is 25.2. The van der Waals surface area contributed by atoms with Crippen molar-refractivity contribution in [3.05, 3.63) is 83.8 Å². The van der Waals surface area contributed by atoms with Gasteiger partial charge in [-0.3, -0.25) is 4.72 Å². The lowest BCUT2D eigenvalue weighted by atomic mass is 10.1. The van der Waals surface area contributed by atoms with E-state index in [0.29, 0.717) is 16.4 Å². The molecule has 0 spiro atoms. The fraction of sp³-hybridized carbons (Fsp3) is 0. The smallest absolute Gasteiger partial charge is 0.265 e. The number of phenolic OH excluding ortho intramolecular Hbond substituents is 2. The molecule has 3 N–H and O–H groups in total. The van der Waals surface area contributed by atoms with Crippen molar-refractivity contribution in [3.63, 3.8) is 0 Å². The number of hydrogen-bond donors (Lipinski definition) is 3. The molecule has 0 unspecified atom stereocenters. The van der Waals surface area contributed by atoms with Gasteiger partial charge in [-0.2, -0.15) is 5.10 Å². The van der Waals surface area contributed by atoms with Gasteiger partial charge < -0.3 is 10.2 Å². The number of para-hydroxylation sites is 2. The van der Waals surface area contributed by atoms with Crippen LogP contribution in [-0.4, -0.2) is 28.4 Å². The summed E-state index contributed by atoms with van der Waals surface area (Å²) in [6.45, 7) is 0. The first-order chi connectivity index (χ1) is 14.8. The van der Waals surface area contributed by atoms with Crippen molar-refractivity contribution in [3.8, 4) is 28.4 Å². The van der Waals surface area contributed by atoms with Gasteiger partial charge in [-0.15, -0.1) is 0 Å². The molecule has 0 bridgehead atoms. The molecular weight excluding hydrogens is 445 g/mol. The molecule has 4 aromatic rings. The number of aromatic nitrogens is 2. The molecule has 158 valence electrons. The first-order valence-corrected chi connectivity index (χ1v) is 10.8. The monoisotopic (exact) mass is 459 g/mol. The highest BCUT2D eigenvalue weighted by molar-refractivity contribution is 7.92. The van der Waals surface area contributed by atoms with Crippen LogP contribution in [0.15, 0.2) is 77.8 Å². The van der Waals surface area contributed by atoms with Crippen LogP contribution in [0.5, 0.6) is 11.5 Å². The number of phenols is 2. The summed E-state index contributed by atoms with van der Waals surface area (Å²) >= 11 is 6.24. The van der Waals surface area contributed by atoms with Gasteiger partial charge in [-0.25, -0.2) is 17.5 Å². The van der Waals surface area contributed by atoms with Crippen LogP contribution >= 0.6 is 11.6 Å². The van der Waals surface area contributed by atoms with Gasteiger partial charge in [0.25, 0.3) is 10.0 Å². The number of nitrogens with one attached hydrogen (secondary N) is 1. The minimum absolute atomic E-state index is 0.0733. The Bertz CT molecular complexity index is 1390. The lowest BCUT2D eigenvalue weighted by molar-refractivity contribution is 0.440. The molecule has 4 rings (SSSR count). The summed E-state index contributed by atoms with van der Waals surface area (Å²) in [5.41, 5.74) is 0.625. The zero-order valence-corrected chi connectivity index (χ0v) is 17.3. The molecular formula is C21H15ClFN3O4S. The van der Waals surface area contributed by atoms with Crippen molar-refractivity contribution in [1.82, 2.24) is 9.78 Å². The molecule has 1 aromatic heterocycles. The van der Waals surface area contributed by atoms with Gasteiger partial charge >= 0.3 is 0 Å². The normalized spacial score (nSPS) is 11.4. The fourth-order valence-corrected chi connectivity index (χ4v) is 4.43. The first kappa shape index (κ1) is 20.7. The van der Waals surface area contributed by atoms with E-state index in [2.05, 4.69) is 9.82 Å². The molecule has 0 atom stereocenters. The number of nitrogens with zero attached hydrogens (tertiary/aromatic N) is 2. The van der Waals surface area contributed by atoms with Crippen LogP contribution in [0, 0.1) is 5.82 Å². The second-order valence-corrected chi connectivity index (χ2v) is 8.56. The van der Waals surface area contributed by atoms with Crippen LogP contribution < -0.4 is 4.72 Å². The third-order valence-electron chi connectivity index (χ3n) is 4.48.